The highest BCUT2D eigenvalue weighted by Gasteiger charge is 2.54. The van der Waals surface area contributed by atoms with E-state index in [4.69, 9.17) is 14.2 Å². The molecule has 17 heavy (non-hydrogen) atoms. The van der Waals surface area contributed by atoms with Gasteiger partial charge in [0.25, 0.3) is 0 Å². The van der Waals surface area contributed by atoms with Crippen LogP contribution in [0.15, 0.2) is 0 Å². The zero-order chi connectivity index (χ0) is 12.5. The minimum atomic E-state index is -0.466. The molecule has 2 bridgehead atoms. The maximum Gasteiger partial charge on any atom is 0.314 e. The van der Waals surface area contributed by atoms with Gasteiger partial charge in [0, 0.05) is 6.92 Å². The lowest BCUT2D eigenvalue weighted by Crippen LogP contribution is -2.56. The first-order valence-corrected chi connectivity index (χ1v) is 5.88. The minimum absolute atomic E-state index is 0.182. The molecule has 2 heterocycles. The number of rotatable bonds is 3. The van der Waals surface area contributed by atoms with Crippen molar-refractivity contribution in [1.29, 1.82) is 0 Å². The van der Waals surface area contributed by atoms with Gasteiger partial charge in [-0.1, -0.05) is 0 Å². The van der Waals surface area contributed by atoms with Crippen LogP contribution in [-0.2, 0) is 23.8 Å². The van der Waals surface area contributed by atoms with Crippen LogP contribution in [0.1, 0.15) is 32.6 Å². The van der Waals surface area contributed by atoms with E-state index in [1.807, 2.05) is 0 Å². The molecule has 1 saturated carbocycles. The fraction of sp³-hybridized carbons (Fsp3) is 0.833. The van der Waals surface area contributed by atoms with E-state index in [0.29, 0.717) is 13.2 Å². The molecule has 0 aromatic rings. The van der Waals surface area contributed by atoms with Crippen LogP contribution < -0.4 is 0 Å². The molecule has 2 aliphatic heterocycles. The lowest BCUT2D eigenvalue weighted by Gasteiger charge is -2.50. The average Bonchev–Trinajstić information content (AvgIpc) is 2.38. The van der Waals surface area contributed by atoms with E-state index >= 15 is 0 Å². The Morgan fingerprint density at radius 3 is 2.29 bits per heavy atom. The predicted molar refractivity (Wildman–Crippen MR) is 58.2 cm³/mol. The summed E-state index contributed by atoms with van der Waals surface area (Å²) in [4.78, 5) is 22.6. The Morgan fingerprint density at radius 2 is 1.88 bits per heavy atom. The Morgan fingerprint density at radius 1 is 1.24 bits per heavy atom. The summed E-state index contributed by atoms with van der Waals surface area (Å²) in [6, 6.07) is 0. The molecule has 3 fully saturated rings. The molecule has 0 radical (unpaired) electrons. The SMILES string of the molecule is COC(=O)C12CCC(COC(C)=O)(CC1)OC2. The van der Waals surface area contributed by atoms with Gasteiger partial charge in [0.2, 0.25) is 0 Å². The van der Waals surface area contributed by atoms with Crippen LogP contribution in [0.2, 0.25) is 0 Å². The molecule has 0 atom stereocenters. The van der Waals surface area contributed by atoms with Gasteiger partial charge in [0.1, 0.15) is 12.2 Å². The predicted octanol–water partition coefficient (Wildman–Crippen LogP) is 1.05. The monoisotopic (exact) mass is 242 g/mol. The van der Waals surface area contributed by atoms with Gasteiger partial charge in [-0.3, -0.25) is 9.59 Å². The van der Waals surface area contributed by atoms with Crippen molar-refractivity contribution in [2.24, 2.45) is 5.41 Å². The summed E-state index contributed by atoms with van der Waals surface area (Å²) in [5, 5.41) is 0. The molecule has 0 unspecified atom stereocenters. The van der Waals surface area contributed by atoms with Crippen molar-refractivity contribution in [1.82, 2.24) is 0 Å². The normalized spacial score (nSPS) is 35.4. The number of esters is 2. The molecule has 3 aliphatic rings. The van der Waals surface area contributed by atoms with E-state index in [2.05, 4.69) is 0 Å². The van der Waals surface area contributed by atoms with Crippen LogP contribution in [-0.4, -0.2) is 37.9 Å². The number of methoxy groups -OCH3 is 1. The van der Waals surface area contributed by atoms with E-state index in [1.54, 1.807) is 0 Å². The Balaban J connectivity index is 1.99. The number of hydrogen-bond acceptors (Lipinski definition) is 5. The Hall–Kier alpha value is -1.10. The quantitative estimate of drug-likeness (QED) is 0.692. The van der Waals surface area contributed by atoms with E-state index in [1.165, 1.54) is 14.0 Å². The van der Waals surface area contributed by atoms with Gasteiger partial charge in [-0.05, 0) is 25.7 Å². The Labute approximate surface area is 100 Å². The van der Waals surface area contributed by atoms with Crippen LogP contribution in [0, 0.1) is 5.41 Å². The molecule has 5 heteroatoms. The lowest BCUT2D eigenvalue weighted by atomic mass is 9.66. The Kier molecular flexibility index (Phi) is 3.12. The molecule has 2 saturated heterocycles. The van der Waals surface area contributed by atoms with Gasteiger partial charge < -0.3 is 14.2 Å². The number of carbonyl (C=O) groups excluding carboxylic acids is 2. The van der Waals surface area contributed by atoms with E-state index in [9.17, 15) is 9.59 Å². The van der Waals surface area contributed by atoms with Gasteiger partial charge in [-0.2, -0.15) is 0 Å². The summed E-state index contributed by atoms with van der Waals surface area (Å²) >= 11 is 0. The average molecular weight is 242 g/mol. The summed E-state index contributed by atoms with van der Waals surface area (Å²) in [6.07, 6.45) is 2.99. The third-order valence-electron chi connectivity index (χ3n) is 3.93. The fourth-order valence-electron chi connectivity index (χ4n) is 2.66. The van der Waals surface area contributed by atoms with E-state index in [0.717, 1.165) is 25.7 Å². The highest BCUT2D eigenvalue weighted by Crippen LogP contribution is 2.49. The molecule has 0 amide bonds. The summed E-state index contributed by atoms with van der Waals surface area (Å²) in [7, 11) is 1.41. The van der Waals surface area contributed by atoms with Crippen molar-refractivity contribution < 1.29 is 23.8 Å². The number of hydrogen-bond donors (Lipinski definition) is 0. The van der Waals surface area contributed by atoms with Gasteiger partial charge in [0.05, 0.1) is 19.1 Å². The van der Waals surface area contributed by atoms with Crippen molar-refractivity contribution in [2.75, 3.05) is 20.3 Å². The number of carbonyl (C=O) groups is 2. The Bertz CT molecular complexity index is 311. The van der Waals surface area contributed by atoms with Crippen LogP contribution in [0.5, 0.6) is 0 Å². The molecular weight excluding hydrogens is 224 g/mol. The first-order chi connectivity index (χ1) is 8.02. The van der Waals surface area contributed by atoms with Crippen LogP contribution >= 0.6 is 0 Å². The summed E-state index contributed by atoms with van der Waals surface area (Å²) < 4.78 is 15.6. The highest BCUT2D eigenvalue weighted by molar-refractivity contribution is 5.77. The second-order valence-corrected chi connectivity index (χ2v) is 5.02. The first-order valence-electron chi connectivity index (χ1n) is 5.88. The molecule has 0 N–H and O–H groups in total. The number of fused-ring (bicyclic) bond motifs is 3. The first kappa shape index (κ1) is 12.4. The van der Waals surface area contributed by atoms with E-state index in [-0.39, 0.29) is 17.5 Å². The zero-order valence-electron chi connectivity index (χ0n) is 10.3. The molecule has 1 aliphatic carbocycles. The van der Waals surface area contributed by atoms with Crippen LogP contribution in [0.25, 0.3) is 0 Å². The van der Waals surface area contributed by atoms with Crippen molar-refractivity contribution in [3.8, 4) is 0 Å². The molecule has 5 nitrogen and oxygen atoms in total. The van der Waals surface area contributed by atoms with Crippen molar-refractivity contribution in [3.63, 3.8) is 0 Å². The highest BCUT2D eigenvalue weighted by atomic mass is 16.6. The van der Waals surface area contributed by atoms with Crippen molar-refractivity contribution >= 4 is 11.9 Å². The minimum Gasteiger partial charge on any atom is -0.469 e. The second-order valence-electron chi connectivity index (χ2n) is 5.02. The molecule has 0 aromatic heterocycles. The third kappa shape index (κ3) is 2.16. The topological polar surface area (TPSA) is 61.8 Å². The van der Waals surface area contributed by atoms with Gasteiger partial charge >= 0.3 is 11.9 Å². The molecule has 0 spiro atoms. The zero-order valence-corrected chi connectivity index (χ0v) is 10.3. The van der Waals surface area contributed by atoms with Crippen LogP contribution in [0.4, 0.5) is 0 Å². The smallest absolute Gasteiger partial charge is 0.314 e. The summed E-state index contributed by atoms with van der Waals surface area (Å²) in [5.41, 5.74) is -0.839. The van der Waals surface area contributed by atoms with E-state index < -0.39 is 5.41 Å². The number of ether oxygens (including phenoxy) is 3. The summed E-state index contributed by atoms with van der Waals surface area (Å²) in [6.45, 7) is 2.06. The molecule has 0 aromatic carbocycles. The molecular formula is C12H18O5. The molecule has 3 rings (SSSR count). The largest absolute Gasteiger partial charge is 0.469 e. The second kappa shape index (κ2) is 4.29. The molecule has 96 valence electrons. The van der Waals surface area contributed by atoms with Crippen LogP contribution in [0.3, 0.4) is 0 Å². The maximum atomic E-state index is 11.7. The van der Waals surface area contributed by atoms with Gasteiger partial charge in [0.15, 0.2) is 0 Å². The lowest BCUT2D eigenvalue weighted by molar-refractivity contribution is -0.217. The maximum absolute atomic E-state index is 11.7. The third-order valence-corrected chi connectivity index (χ3v) is 3.93. The standard InChI is InChI=1S/C12H18O5/c1-9(13)16-8-12-5-3-11(4-6-12,7-17-12)10(14)15-2/h3-8H2,1-2H3. The van der Waals surface area contributed by atoms with Gasteiger partial charge in [-0.15, -0.1) is 0 Å². The fourth-order valence-corrected chi connectivity index (χ4v) is 2.66. The van der Waals surface area contributed by atoms with Crippen molar-refractivity contribution in [3.05, 3.63) is 0 Å². The summed E-state index contributed by atoms with van der Waals surface area (Å²) in [5.74, 6) is -0.475. The van der Waals surface area contributed by atoms with Crippen molar-refractivity contribution in [2.45, 2.75) is 38.2 Å². The van der Waals surface area contributed by atoms with Gasteiger partial charge in [-0.25, -0.2) is 0 Å².